The first-order chi connectivity index (χ1) is 14.5. The number of likely N-dealkylation sites (N-methyl/N-ethyl adjacent to an activating group) is 1. The van der Waals surface area contributed by atoms with Gasteiger partial charge in [-0.15, -0.1) is 0 Å². The number of carbonyl (C=O) groups excluding carboxylic acids is 2. The lowest BCUT2D eigenvalue weighted by Crippen LogP contribution is -2.43. The molecule has 0 aliphatic carbocycles. The maximum atomic E-state index is 13.0. The number of hydrogen-bond acceptors (Lipinski definition) is 7. The van der Waals surface area contributed by atoms with Crippen molar-refractivity contribution < 1.29 is 14.3 Å². The quantitative estimate of drug-likeness (QED) is 0.632. The van der Waals surface area contributed by atoms with E-state index in [1.807, 2.05) is 19.0 Å². The highest BCUT2D eigenvalue weighted by Crippen LogP contribution is 2.13. The summed E-state index contributed by atoms with van der Waals surface area (Å²) in [6, 6.07) is 3.54. The Hall–Kier alpha value is -3.07. The standard InChI is InChI=1S/C22H31N5O4/c1-15-17(21(30)25-20(24-15)16-8-7-9-23-13-16)12-18(28)27(11-10-26(5)6)14-19(29)31-22(2,3)4/h7-9,13H,10-12,14H2,1-6H3,(H,24,25,30). The van der Waals surface area contributed by atoms with E-state index < -0.39 is 11.6 Å². The van der Waals surface area contributed by atoms with Crippen molar-refractivity contribution in [2.24, 2.45) is 0 Å². The average molecular weight is 430 g/mol. The summed E-state index contributed by atoms with van der Waals surface area (Å²) in [7, 11) is 3.76. The lowest BCUT2D eigenvalue weighted by Gasteiger charge is -2.26. The topological polar surface area (TPSA) is 108 Å². The monoisotopic (exact) mass is 429 g/mol. The number of amides is 1. The van der Waals surface area contributed by atoms with Crippen LogP contribution >= 0.6 is 0 Å². The predicted molar refractivity (Wildman–Crippen MR) is 118 cm³/mol. The van der Waals surface area contributed by atoms with Gasteiger partial charge in [0.25, 0.3) is 5.56 Å². The van der Waals surface area contributed by atoms with Gasteiger partial charge in [0, 0.05) is 42.3 Å². The van der Waals surface area contributed by atoms with E-state index in [0.717, 1.165) is 0 Å². The SMILES string of the molecule is Cc1nc(-c2cccnc2)[nH]c(=O)c1CC(=O)N(CCN(C)C)CC(=O)OC(C)(C)C. The predicted octanol–water partition coefficient (Wildman–Crippen LogP) is 1.41. The van der Waals surface area contributed by atoms with E-state index in [2.05, 4.69) is 15.0 Å². The van der Waals surface area contributed by atoms with Crippen LogP contribution in [0.2, 0.25) is 0 Å². The van der Waals surface area contributed by atoms with Crippen LogP contribution in [0.5, 0.6) is 0 Å². The van der Waals surface area contributed by atoms with Gasteiger partial charge in [-0.05, 0) is 53.9 Å². The van der Waals surface area contributed by atoms with Crippen molar-refractivity contribution in [2.45, 2.75) is 39.7 Å². The number of nitrogens with one attached hydrogen (secondary N) is 1. The van der Waals surface area contributed by atoms with Gasteiger partial charge in [0.2, 0.25) is 5.91 Å². The van der Waals surface area contributed by atoms with Crippen molar-refractivity contribution in [3.63, 3.8) is 0 Å². The minimum absolute atomic E-state index is 0.155. The van der Waals surface area contributed by atoms with Gasteiger partial charge in [0.05, 0.1) is 6.42 Å². The van der Waals surface area contributed by atoms with Crippen LogP contribution in [0.1, 0.15) is 32.0 Å². The second kappa shape index (κ2) is 10.3. The van der Waals surface area contributed by atoms with Gasteiger partial charge in [-0.2, -0.15) is 0 Å². The number of esters is 1. The van der Waals surface area contributed by atoms with E-state index in [1.165, 1.54) is 4.90 Å². The van der Waals surface area contributed by atoms with E-state index in [0.29, 0.717) is 30.2 Å². The molecule has 0 bridgehead atoms. The van der Waals surface area contributed by atoms with Crippen molar-refractivity contribution in [1.29, 1.82) is 0 Å². The number of aromatic nitrogens is 3. The second-order valence-electron chi connectivity index (χ2n) is 8.60. The molecule has 0 saturated carbocycles. The highest BCUT2D eigenvalue weighted by atomic mass is 16.6. The molecule has 1 amide bonds. The number of ether oxygens (including phenoxy) is 1. The Labute approximate surface area is 182 Å². The molecule has 1 N–H and O–H groups in total. The van der Waals surface area contributed by atoms with Gasteiger partial charge in [-0.3, -0.25) is 19.4 Å². The van der Waals surface area contributed by atoms with E-state index in [-0.39, 0.29) is 30.0 Å². The maximum absolute atomic E-state index is 13.0. The third kappa shape index (κ3) is 7.60. The summed E-state index contributed by atoms with van der Waals surface area (Å²) >= 11 is 0. The minimum atomic E-state index is -0.646. The summed E-state index contributed by atoms with van der Waals surface area (Å²) < 4.78 is 5.35. The third-order valence-corrected chi connectivity index (χ3v) is 4.40. The van der Waals surface area contributed by atoms with Crippen molar-refractivity contribution in [1.82, 2.24) is 24.8 Å². The molecule has 2 aromatic heterocycles. The molecular formula is C22H31N5O4. The summed E-state index contributed by atoms with van der Waals surface area (Å²) in [4.78, 5) is 52.5. The largest absolute Gasteiger partial charge is 0.459 e. The number of pyridine rings is 1. The van der Waals surface area contributed by atoms with Crippen molar-refractivity contribution in [2.75, 3.05) is 33.7 Å². The van der Waals surface area contributed by atoms with Gasteiger partial charge >= 0.3 is 5.97 Å². The van der Waals surface area contributed by atoms with Crippen LogP contribution in [0.4, 0.5) is 0 Å². The van der Waals surface area contributed by atoms with Gasteiger partial charge in [0.15, 0.2) is 0 Å². The fourth-order valence-electron chi connectivity index (χ4n) is 2.86. The Bertz CT molecular complexity index is 964. The first-order valence-electron chi connectivity index (χ1n) is 10.1. The highest BCUT2D eigenvalue weighted by Gasteiger charge is 2.24. The molecule has 2 heterocycles. The molecule has 2 aromatic rings. The number of hydrogen-bond donors (Lipinski definition) is 1. The number of aryl methyl sites for hydroxylation is 1. The molecule has 168 valence electrons. The molecule has 0 saturated heterocycles. The van der Waals surface area contributed by atoms with Crippen LogP contribution in [-0.4, -0.2) is 76.0 Å². The lowest BCUT2D eigenvalue weighted by molar-refractivity contribution is -0.158. The number of H-pyrrole nitrogens is 1. The van der Waals surface area contributed by atoms with E-state index in [4.69, 9.17) is 4.74 Å². The first-order valence-corrected chi connectivity index (χ1v) is 10.1. The van der Waals surface area contributed by atoms with Gasteiger partial charge in [-0.25, -0.2) is 4.98 Å². The highest BCUT2D eigenvalue weighted by molar-refractivity contribution is 5.83. The smallest absolute Gasteiger partial charge is 0.326 e. The normalized spacial score (nSPS) is 11.5. The molecule has 0 aromatic carbocycles. The van der Waals surface area contributed by atoms with Crippen LogP contribution < -0.4 is 5.56 Å². The number of nitrogens with zero attached hydrogens (tertiary/aromatic N) is 4. The molecule has 0 spiro atoms. The summed E-state index contributed by atoms with van der Waals surface area (Å²) in [5.74, 6) is -0.433. The molecule has 9 nitrogen and oxygen atoms in total. The lowest BCUT2D eigenvalue weighted by atomic mass is 10.1. The fourth-order valence-corrected chi connectivity index (χ4v) is 2.86. The van der Waals surface area contributed by atoms with Crippen LogP contribution in [0, 0.1) is 6.92 Å². The van der Waals surface area contributed by atoms with Crippen molar-refractivity contribution >= 4 is 11.9 Å². The number of carbonyl (C=O) groups is 2. The summed E-state index contributed by atoms with van der Waals surface area (Å²) in [6.45, 7) is 7.74. The molecule has 9 heteroatoms. The molecular weight excluding hydrogens is 398 g/mol. The van der Waals surface area contributed by atoms with Crippen LogP contribution in [0.15, 0.2) is 29.3 Å². The average Bonchev–Trinajstić information content (AvgIpc) is 2.66. The molecule has 0 aliphatic heterocycles. The van der Waals surface area contributed by atoms with Crippen LogP contribution in [0.3, 0.4) is 0 Å². The molecule has 0 radical (unpaired) electrons. The van der Waals surface area contributed by atoms with E-state index in [9.17, 15) is 14.4 Å². The van der Waals surface area contributed by atoms with Crippen molar-refractivity contribution in [3.05, 3.63) is 46.1 Å². The molecule has 0 unspecified atom stereocenters. The zero-order valence-corrected chi connectivity index (χ0v) is 19.1. The summed E-state index contributed by atoms with van der Waals surface area (Å²) in [5, 5.41) is 0. The molecule has 2 rings (SSSR count). The van der Waals surface area contributed by atoms with Crippen LogP contribution in [0.25, 0.3) is 11.4 Å². The van der Waals surface area contributed by atoms with Crippen LogP contribution in [-0.2, 0) is 20.7 Å². The fraction of sp³-hybridized carbons (Fsp3) is 0.500. The Morgan fingerprint density at radius 1 is 1.19 bits per heavy atom. The maximum Gasteiger partial charge on any atom is 0.326 e. The molecule has 0 fully saturated rings. The number of rotatable bonds is 8. The molecule has 0 atom stereocenters. The Balaban J connectivity index is 2.21. The Morgan fingerprint density at radius 3 is 2.45 bits per heavy atom. The van der Waals surface area contributed by atoms with Gasteiger partial charge in [0.1, 0.15) is 18.0 Å². The Morgan fingerprint density at radius 2 is 1.90 bits per heavy atom. The summed E-state index contributed by atoms with van der Waals surface area (Å²) in [6.07, 6.45) is 3.08. The van der Waals surface area contributed by atoms with Gasteiger partial charge in [-0.1, -0.05) is 0 Å². The molecule has 0 aliphatic rings. The zero-order chi connectivity index (χ0) is 23.2. The summed E-state index contributed by atoms with van der Waals surface area (Å²) in [5.41, 5.74) is 0.382. The Kier molecular flexibility index (Phi) is 8.04. The second-order valence-corrected chi connectivity index (χ2v) is 8.60. The van der Waals surface area contributed by atoms with E-state index in [1.54, 1.807) is 52.2 Å². The molecule has 31 heavy (non-hydrogen) atoms. The first kappa shape index (κ1) is 24.2. The third-order valence-electron chi connectivity index (χ3n) is 4.40. The number of aromatic amines is 1. The van der Waals surface area contributed by atoms with E-state index >= 15 is 0 Å². The zero-order valence-electron chi connectivity index (χ0n) is 19.1. The van der Waals surface area contributed by atoms with Gasteiger partial charge < -0.3 is 19.5 Å². The minimum Gasteiger partial charge on any atom is -0.459 e. The van der Waals surface area contributed by atoms with Crippen molar-refractivity contribution in [3.8, 4) is 11.4 Å².